The normalized spacial score (nSPS) is 17.3. The zero-order valence-corrected chi connectivity index (χ0v) is 16.6. The van der Waals surface area contributed by atoms with Gasteiger partial charge in [0.15, 0.2) is 5.78 Å². The molecule has 144 valence electrons. The topological polar surface area (TPSA) is 73.1 Å². The van der Waals surface area contributed by atoms with E-state index in [0.717, 1.165) is 10.6 Å². The standard InChI is InChI=1S/C23H18N2O3S/c1-15-12-17-4-2-3-5-20(17)23(15)18-10-11-24-22(13-18)29-14-21(26)16-6-8-19(9-7-16)25(27)28/h2-13,20H,14H2,1H3. The number of thioether (sulfide) groups is 1. The van der Waals surface area contributed by atoms with Crippen molar-refractivity contribution in [3.63, 3.8) is 0 Å². The second-order valence-electron chi connectivity index (χ2n) is 6.86. The van der Waals surface area contributed by atoms with Gasteiger partial charge in [0, 0.05) is 29.8 Å². The Hall–Kier alpha value is -3.25. The summed E-state index contributed by atoms with van der Waals surface area (Å²) >= 11 is 1.37. The largest absolute Gasteiger partial charge is 0.293 e. The number of fused-ring (bicyclic) bond motifs is 1. The van der Waals surface area contributed by atoms with Crippen LogP contribution in [0.4, 0.5) is 5.69 Å². The number of hydrogen-bond acceptors (Lipinski definition) is 5. The fourth-order valence-corrected chi connectivity index (χ4v) is 4.38. The molecule has 0 spiro atoms. The van der Waals surface area contributed by atoms with Gasteiger partial charge in [0.25, 0.3) is 5.69 Å². The van der Waals surface area contributed by atoms with Gasteiger partial charge in [0.2, 0.25) is 0 Å². The van der Waals surface area contributed by atoms with E-state index in [0.29, 0.717) is 5.56 Å². The third-order valence-corrected chi connectivity index (χ3v) is 5.90. The lowest BCUT2D eigenvalue weighted by Gasteiger charge is -2.17. The monoisotopic (exact) mass is 402 g/mol. The number of allylic oxidation sites excluding steroid dienone is 8. The van der Waals surface area contributed by atoms with Gasteiger partial charge in [-0.3, -0.25) is 14.9 Å². The van der Waals surface area contributed by atoms with E-state index in [4.69, 9.17) is 0 Å². The van der Waals surface area contributed by atoms with Crippen molar-refractivity contribution in [3.8, 4) is 0 Å². The predicted octanol–water partition coefficient (Wildman–Crippen LogP) is 5.42. The average Bonchev–Trinajstić information content (AvgIpc) is 3.08. The highest BCUT2D eigenvalue weighted by Crippen LogP contribution is 2.41. The van der Waals surface area contributed by atoms with Crippen LogP contribution in [0.2, 0.25) is 0 Å². The lowest BCUT2D eigenvalue weighted by Crippen LogP contribution is -2.04. The van der Waals surface area contributed by atoms with E-state index >= 15 is 0 Å². The summed E-state index contributed by atoms with van der Waals surface area (Å²) in [7, 11) is 0. The first-order valence-corrected chi connectivity index (χ1v) is 10.2. The van der Waals surface area contributed by atoms with Crippen molar-refractivity contribution >= 4 is 28.8 Å². The Labute approximate surface area is 172 Å². The van der Waals surface area contributed by atoms with Crippen molar-refractivity contribution in [1.29, 1.82) is 0 Å². The van der Waals surface area contributed by atoms with Gasteiger partial charge in [0.05, 0.1) is 15.7 Å². The Morgan fingerprint density at radius 3 is 2.76 bits per heavy atom. The zero-order valence-electron chi connectivity index (χ0n) is 15.7. The number of pyridine rings is 1. The van der Waals surface area contributed by atoms with E-state index in [1.165, 1.54) is 52.7 Å². The molecule has 1 atom stereocenters. The average molecular weight is 402 g/mol. The molecule has 0 saturated carbocycles. The van der Waals surface area contributed by atoms with Crippen molar-refractivity contribution in [2.24, 2.45) is 5.92 Å². The number of ketones is 1. The fourth-order valence-electron chi connectivity index (χ4n) is 3.59. The Morgan fingerprint density at radius 1 is 1.21 bits per heavy atom. The molecule has 4 rings (SSSR count). The van der Waals surface area contributed by atoms with Crippen LogP contribution in [0.5, 0.6) is 0 Å². The summed E-state index contributed by atoms with van der Waals surface area (Å²) in [6.45, 7) is 2.12. The molecule has 1 heterocycles. The quantitative estimate of drug-likeness (QED) is 0.279. The van der Waals surface area contributed by atoms with Gasteiger partial charge >= 0.3 is 0 Å². The number of aromatic nitrogens is 1. The summed E-state index contributed by atoms with van der Waals surface area (Å²) in [6, 6.07) is 9.71. The zero-order chi connectivity index (χ0) is 20.4. The fraction of sp³-hybridized carbons (Fsp3) is 0.130. The van der Waals surface area contributed by atoms with E-state index in [2.05, 4.69) is 42.3 Å². The number of hydrogen-bond donors (Lipinski definition) is 0. The maximum absolute atomic E-state index is 12.4. The smallest absolute Gasteiger partial charge is 0.269 e. The molecule has 0 saturated heterocycles. The Morgan fingerprint density at radius 2 is 2.00 bits per heavy atom. The molecule has 0 bridgehead atoms. The Bertz CT molecular complexity index is 1110. The van der Waals surface area contributed by atoms with Gasteiger partial charge in [-0.2, -0.15) is 0 Å². The summed E-state index contributed by atoms with van der Waals surface area (Å²) < 4.78 is 0. The third-order valence-electron chi connectivity index (χ3n) is 4.98. The Balaban J connectivity index is 1.47. The molecule has 29 heavy (non-hydrogen) atoms. The van der Waals surface area contributed by atoms with Crippen LogP contribution in [-0.2, 0) is 0 Å². The van der Waals surface area contributed by atoms with Gasteiger partial charge < -0.3 is 0 Å². The first kappa shape index (κ1) is 19.1. The number of non-ortho nitro benzene ring substituents is 1. The summed E-state index contributed by atoms with van der Waals surface area (Å²) in [6.07, 6.45) is 12.4. The number of nitro groups is 1. The van der Waals surface area contributed by atoms with Crippen LogP contribution in [0.3, 0.4) is 0 Å². The number of carbonyl (C=O) groups excluding carboxylic acids is 1. The number of benzene rings is 1. The van der Waals surface area contributed by atoms with Crippen LogP contribution in [0.1, 0.15) is 22.8 Å². The van der Waals surface area contributed by atoms with Crippen LogP contribution < -0.4 is 0 Å². The molecular formula is C23H18N2O3S. The molecule has 2 aliphatic rings. The SMILES string of the molecule is CC1=C(c2ccnc(SCC(=O)c3ccc([N+](=O)[O-])cc3)c2)C2C=CC=CC2=C1. The maximum atomic E-state index is 12.4. The maximum Gasteiger partial charge on any atom is 0.269 e. The molecule has 0 fully saturated rings. The number of nitrogens with zero attached hydrogens (tertiary/aromatic N) is 2. The highest BCUT2D eigenvalue weighted by Gasteiger charge is 2.25. The van der Waals surface area contributed by atoms with Gasteiger partial charge in [-0.15, -0.1) is 0 Å². The first-order chi connectivity index (χ1) is 14.0. The summed E-state index contributed by atoms with van der Waals surface area (Å²) in [5.74, 6) is 0.404. The van der Waals surface area contributed by atoms with Crippen molar-refractivity contribution < 1.29 is 9.72 Å². The molecule has 1 unspecified atom stereocenters. The number of carbonyl (C=O) groups is 1. The molecule has 5 nitrogen and oxygen atoms in total. The van der Waals surface area contributed by atoms with E-state index in [1.807, 2.05) is 12.1 Å². The van der Waals surface area contributed by atoms with E-state index < -0.39 is 4.92 Å². The van der Waals surface area contributed by atoms with Crippen LogP contribution in [0.15, 0.2) is 89.1 Å². The molecule has 1 aromatic heterocycles. The lowest BCUT2D eigenvalue weighted by atomic mass is 9.88. The molecule has 2 aromatic rings. The number of nitro benzene ring substituents is 1. The van der Waals surface area contributed by atoms with E-state index in [-0.39, 0.29) is 23.1 Å². The molecule has 0 radical (unpaired) electrons. The van der Waals surface area contributed by atoms with Gasteiger partial charge in [0.1, 0.15) is 0 Å². The first-order valence-electron chi connectivity index (χ1n) is 9.17. The number of rotatable bonds is 6. The minimum absolute atomic E-state index is 0.0247. The van der Waals surface area contributed by atoms with Gasteiger partial charge in [-0.25, -0.2) is 4.98 Å². The summed E-state index contributed by atoms with van der Waals surface area (Å²) in [5, 5.41) is 11.5. The van der Waals surface area contributed by atoms with Crippen molar-refractivity contribution in [2.45, 2.75) is 11.9 Å². The van der Waals surface area contributed by atoms with Gasteiger partial charge in [-0.05, 0) is 53.5 Å². The third kappa shape index (κ3) is 3.98. The van der Waals surface area contributed by atoms with Crippen LogP contribution in [0.25, 0.3) is 5.57 Å². The van der Waals surface area contributed by atoms with Crippen LogP contribution in [0, 0.1) is 16.0 Å². The van der Waals surface area contributed by atoms with Crippen LogP contribution in [-0.4, -0.2) is 21.4 Å². The molecule has 6 heteroatoms. The highest BCUT2D eigenvalue weighted by atomic mass is 32.2. The van der Waals surface area contributed by atoms with Crippen LogP contribution >= 0.6 is 11.8 Å². The molecule has 0 N–H and O–H groups in total. The molecule has 2 aliphatic carbocycles. The second-order valence-corrected chi connectivity index (χ2v) is 7.86. The highest BCUT2D eigenvalue weighted by molar-refractivity contribution is 7.99. The van der Waals surface area contributed by atoms with Crippen molar-refractivity contribution in [1.82, 2.24) is 4.98 Å². The minimum atomic E-state index is -0.477. The van der Waals surface area contributed by atoms with E-state index in [1.54, 1.807) is 6.20 Å². The molecule has 0 aliphatic heterocycles. The Kier molecular flexibility index (Phi) is 5.27. The predicted molar refractivity (Wildman–Crippen MR) is 115 cm³/mol. The molecule has 1 aromatic carbocycles. The number of Topliss-reactive ketones (excluding diaryl/α,β-unsaturated/α-hetero) is 1. The summed E-state index contributed by atoms with van der Waals surface area (Å²) in [5.41, 5.74) is 5.35. The lowest BCUT2D eigenvalue weighted by molar-refractivity contribution is -0.384. The molecule has 0 amide bonds. The minimum Gasteiger partial charge on any atom is -0.293 e. The van der Waals surface area contributed by atoms with Crippen molar-refractivity contribution in [2.75, 3.05) is 5.75 Å². The second kappa shape index (κ2) is 8.01. The van der Waals surface area contributed by atoms with Crippen molar-refractivity contribution in [3.05, 3.63) is 105 Å². The van der Waals surface area contributed by atoms with Gasteiger partial charge in [-0.1, -0.05) is 42.1 Å². The van der Waals surface area contributed by atoms with E-state index in [9.17, 15) is 14.9 Å². The molecular weight excluding hydrogens is 384 g/mol. The summed E-state index contributed by atoms with van der Waals surface area (Å²) in [4.78, 5) is 27.1.